The molecule has 2 rings (SSSR count). The molecule has 0 fully saturated rings. The maximum atomic E-state index is 11.7. The molecule has 1 amide bonds. The van der Waals surface area contributed by atoms with Gasteiger partial charge in [-0.3, -0.25) is 5.32 Å². The van der Waals surface area contributed by atoms with Crippen molar-refractivity contribution in [3.8, 4) is 0 Å². The van der Waals surface area contributed by atoms with Crippen molar-refractivity contribution in [2.24, 2.45) is 4.99 Å². The van der Waals surface area contributed by atoms with Crippen molar-refractivity contribution in [2.75, 3.05) is 11.9 Å². The molecule has 19 heteroatoms. The van der Waals surface area contributed by atoms with E-state index in [0.29, 0.717) is 17.9 Å². The molecule has 37 heavy (non-hydrogen) atoms. The molecule has 0 spiro atoms. The average Bonchev–Trinajstić information content (AvgIpc) is 2.73. The van der Waals surface area contributed by atoms with Crippen LogP contribution < -0.4 is 9.88 Å². The summed E-state index contributed by atoms with van der Waals surface area (Å²) in [6.07, 6.45) is 4.82. The number of hydrogen-bond donors (Lipinski definition) is 1. The van der Waals surface area contributed by atoms with Crippen LogP contribution in [0.5, 0.6) is 0 Å². The van der Waals surface area contributed by atoms with Gasteiger partial charge in [-0.25, -0.2) is 31.0 Å². The van der Waals surface area contributed by atoms with E-state index in [1.54, 1.807) is 24.3 Å². The number of amides is 1. The summed E-state index contributed by atoms with van der Waals surface area (Å²) in [6, 6.07) is 10.4. The van der Waals surface area contributed by atoms with Gasteiger partial charge in [-0.2, -0.15) is 31.3 Å². The minimum Gasteiger partial charge on any atom is -0.443 e. The Kier molecular flexibility index (Phi) is 10.7. The maximum absolute atomic E-state index is 11.7. The summed E-state index contributed by atoms with van der Waals surface area (Å²) in [7, 11) is -13.4. The van der Waals surface area contributed by atoms with Crippen LogP contribution in [0.2, 0.25) is 0 Å². The Morgan fingerprint density at radius 1 is 1.03 bits per heavy atom. The number of halogens is 6. The predicted octanol–water partition coefficient (Wildman–Crippen LogP) is 3.56. The monoisotopic (exact) mass is 578 g/mol. The molecule has 0 atom stereocenters. The molecule has 2 aromatic rings. The molecular weight excluding hydrogens is 562 g/mol. The molecule has 1 heterocycles. The van der Waals surface area contributed by atoms with Crippen molar-refractivity contribution < 1.29 is 62.1 Å². The van der Waals surface area contributed by atoms with E-state index in [4.69, 9.17) is 4.74 Å². The number of sulfonamides is 2. The van der Waals surface area contributed by atoms with Gasteiger partial charge in [0, 0.05) is 17.3 Å². The fourth-order valence-corrected chi connectivity index (χ4v) is 3.79. The highest BCUT2D eigenvalue weighted by Gasteiger charge is 2.46. The summed E-state index contributed by atoms with van der Waals surface area (Å²) in [5.74, 6) is 0. The lowest BCUT2D eigenvalue weighted by Gasteiger charge is -2.22. The Morgan fingerprint density at radius 2 is 1.57 bits per heavy atom. The van der Waals surface area contributed by atoms with Crippen LogP contribution in [-0.2, 0) is 36.1 Å². The van der Waals surface area contributed by atoms with Crippen molar-refractivity contribution in [3.05, 3.63) is 58.5 Å². The van der Waals surface area contributed by atoms with Gasteiger partial charge in [-0.15, -0.1) is 0 Å². The molecule has 0 unspecified atom stereocenters. The van der Waals surface area contributed by atoms with Crippen LogP contribution in [0.4, 0.5) is 42.5 Å². The highest BCUT2D eigenvalue weighted by Crippen LogP contribution is 2.36. The smallest absolute Gasteiger partial charge is 0.443 e. The Labute approximate surface area is 205 Å². The topological polar surface area (TPSA) is 154 Å². The van der Waals surface area contributed by atoms with Gasteiger partial charge in [0.25, 0.3) is 0 Å². The zero-order valence-corrected chi connectivity index (χ0v) is 19.9. The van der Waals surface area contributed by atoms with Crippen molar-refractivity contribution in [3.63, 3.8) is 0 Å². The second-order valence-corrected chi connectivity index (χ2v) is 9.97. The first kappa shape index (κ1) is 31.5. The lowest BCUT2D eigenvalue weighted by Crippen LogP contribution is -2.36. The molecule has 1 N–H and O–H groups in total. The number of aryl methyl sites for hydroxylation is 1. The van der Waals surface area contributed by atoms with Crippen LogP contribution in [0.15, 0.2) is 53.8 Å². The number of rotatable bonds is 7. The number of aromatic nitrogens is 1. The zero-order valence-electron chi connectivity index (χ0n) is 18.3. The number of ether oxygens (including phenoxy) is 1. The standard InChI is InChI=1S/C16H15N3O3.C2F6NO4S2/c1-13-3-2-8-19(11-13)9-10-22-16(21)18-15-6-4-14(5-7-15)17-12-20;3-1(4,5)14(10,11)9-15(12,13)2(6,7)8/h2-8,11H,9-10H2,1H3;/q;-1/p+1. The van der Waals surface area contributed by atoms with Gasteiger partial charge in [0.2, 0.25) is 6.08 Å². The Bertz CT molecular complexity index is 1300. The Hall–Kier alpha value is -3.54. The number of isocyanates is 1. The Balaban J connectivity index is 0.000000401. The van der Waals surface area contributed by atoms with E-state index in [9.17, 15) is 52.8 Å². The number of hydrogen-bond acceptors (Lipinski definition) is 8. The third-order valence-corrected chi connectivity index (χ3v) is 6.40. The van der Waals surface area contributed by atoms with Gasteiger partial charge in [0.15, 0.2) is 45.6 Å². The van der Waals surface area contributed by atoms with Crippen LogP contribution >= 0.6 is 0 Å². The number of anilines is 1. The number of carbonyl (C=O) groups excluding carboxylic acids is 2. The molecule has 0 saturated carbocycles. The molecule has 11 nitrogen and oxygen atoms in total. The number of alkyl halides is 6. The predicted molar refractivity (Wildman–Crippen MR) is 114 cm³/mol. The zero-order chi connectivity index (χ0) is 28.5. The summed E-state index contributed by atoms with van der Waals surface area (Å²) in [6.45, 7) is 2.86. The third-order valence-electron chi connectivity index (χ3n) is 3.66. The third kappa shape index (κ3) is 10.5. The second-order valence-electron chi connectivity index (χ2n) is 6.55. The number of pyridine rings is 1. The number of carbonyl (C=O) groups is 1. The number of nitrogens with zero attached hydrogens (tertiary/aromatic N) is 3. The summed E-state index contributed by atoms with van der Waals surface area (Å²) < 4.78 is 116. The first-order chi connectivity index (χ1) is 16.9. The molecule has 1 aromatic carbocycles. The van der Waals surface area contributed by atoms with E-state index in [2.05, 4.69) is 10.3 Å². The fraction of sp³-hybridized carbons (Fsp3) is 0.278. The van der Waals surface area contributed by atoms with Crippen LogP contribution in [0.1, 0.15) is 5.56 Å². The summed E-state index contributed by atoms with van der Waals surface area (Å²) in [4.78, 5) is 25.2. The molecule has 0 saturated heterocycles. The molecule has 0 aliphatic heterocycles. The highest BCUT2D eigenvalue weighted by molar-refractivity contribution is 8.13. The van der Waals surface area contributed by atoms with Crippen LogP contribution in [0.3, 0.4) is 0 Å². The van der Waals surface area contributed by atoms with E-state index in [0.717, 1.165) is 9.69 Å². The largest absolute Gasteiger partial charge is 0.480 e. The van der Waals surface area contributed by atoms with Crippen LogP contribution in [0, 0.1) is 6.92 Å². The number of nitrogens with one attached hydrogen (secondary N) is 1. The summed E-state index contributed by atoms with van der Waals surface area (Å²) in [5.41, 5.74) is -10.2. The van der Waals surface area contributed by atoms with Crippen molar-refractivity contribution >= 4 is 43.6 Å². The molecule has 0 aliphatic carbocycles. The number of benzene rings is 1. The molecular formula is C18H16F6N4O7S2. The van der Waals surface area contributed by atoms with Gasteiger partial charge in [0.05, 0.1) is 5.69 Å². The molecule has 0 aliphatic rings. The van der Waals surface area contributed by atoms with Gasteiger partial charge >= 0.3 is 17.1 Å². The molecule has 0 radical (unpaired) electrons. The quantitative estimate of drug-likeness (QED) is 0.228. The first-order valence-corrected chi connectivity index (χ1v) is 12.2. The van der Waals surface area contributed by atoms with E-state index < -0.39 is 37.2 Å². The second kappa shape index (κ2) is 12.6. The minimum atomic E-state index is -6.72. The van der Waals surface area contributed by atoms with E-state index >= 15 is 0 Å². The van der Waals surface area contributed by atoms with E-state index in [1.807, 2.05) is 36.0 Å². The molecule has 204 valence electrons. The fourth-order valence-electron chi connectivity index (χ4n) is 2.08. The summed E-state index contributed by atoms with van der Waals surface area (Å²) in [5, 5.41) is 2.60. The van der Waals surface area contributed by atoms with Gasteiger partial charge in [-0.05, 0) is 37.3 Å². The van der Waals surface area contributed by atoms with Crippen LogP contribution in [0.25, 0.3) is 4.13 Å². The van der Waals surface area contributed by atoms with Crippen molar-refractivity contribution in [2.45, 2.75) is 24.5 Å². The first-order valence-electron chi connectivity index (χ1n) is 9.32. The number of aliphatic imine (C=N–C) groups is 1. The lowest BCUT2D eigenvalue weighted by atomic mass is 10.3. The minimum absolute atomic E-state index is 0.271. The average molecular weight is 578 g/mol. The normalized spacial score (nSPS) is 12.0. The molecule has 1 aromatic heterocycles. The van der Waals surface area contributed by atoms with Gasteiger partial charge in [0.1, 0.15) is 0 Å². The lowest BCUT2D eigenvalue weighted by molar-refractivity contribution is -0.698. The van der Waals surface area contributed by atoms with E-state index in [-0.39, 0.29) is 6.61 Å². The van der Waals surface area contributed by atoms with Gasteiger partial charge < -0.3 is 8.86 Å². The van der Waals surface area contributed by atoms with Crippen molar-refractivity contribution in [1.82, 2.24) is 0 Å². The van der Waals surface area contributed by atoms with Crippen LogP contribution in [-0.4, -0.2) is 46.6 Å². The highest BCUT2D eigenvalue weighted by atomic mass is 32.3. The maximum Gasteiger partial charge on any atom is 0.480 e. The summed E-state index contributed by atoms with van der Waals surface area (Å²) >= 11 is 0. The SMILES string of the molecule is Cc1ccc[n+](CCOC(=O)Nc2ccc(N=C=O)cc2)c1.O=S(=O)([N-]S(=O)(=O)C(F)(F)F)C(F)(F)F. The Morgan fingerprint density at radius 3 is 2.03 bits per heavy atom. The van der Waals surface area contributed by atoms with E-state index in [1.165, 1.54) is 6.08 Å². The molecule has 0 bridgehead atoms. The van der Waals surface area contributed by atoms with Crippen molar-refractivity contribution in [1.29, 1.82) is 0 Å². The van der Waals surface area contributed by atoms with Gasteiger partial charge in [-0.1, -0.05) is 0 Å².